The van der Waals surface area contributed by atoms with Crippen molar-refractivity contribution in [2.75, 3.05) is 40.3 Å². The molecule has 1 aliphatic rings. The van der Waals surface area contributed by atoms with E-state index in [9.17, 15) is 9.59 Å². The van der Waals surface area contributed by atoms with Crippen LogP contribution in [0.25, 0.3) is 10.2 Å². The number of nitrogens with zero attached hydrogens (tertiary/aromatic N) is 3. The maximum absolute atomic E-state index is 13.0. The van der Waals surface area contributed by atoms with Crippen LogP contribution in [0.5, 0.6) is 0 Å². The number of rotatable bonds is 7. The van der Waals surface area contributed by atoms with Gasteiger partial charge in [-0.25, -0.2) is 4.98 Å². The molecule has 1 atom stereocenters. The molecular weight excluding hydrogens is 408 g/mol. The van der Waals surface area contributed by atoms with Crippen LogP contribution in [0.15, 0.2) is 48.7 Å². The number of amides is 2. The van der Waals surface area contributed by atoms with Crippen molar-refractivity contribution in [3.63, 3.8) is 0 Å². The molecule has 0 spiro atoms. The van der Waals surface area contributed by atoms with Gasteiger partial charge in [0.1, 0.15) is 4.83 Å². The number of carbonyl (C=O) groups excluding carboxylic acids is 2. The molecule has 1 N–H and O–H groups in total. The van der Waals surface area contributed by atoms with Gasteiger partial charge < -0.3 is 15.1 Å². The van der Waals surface area contributed by atoms with Crippen LogP contribution in [0, 0.1) is 0 Å². The van der Waals surface area contributed by atoms with Crippen LogP contribution in [0.4, 0.5) is 0 Å². The number of aromatic nitrogens is 1. The van der Waals surface area contributed by atoms with Gasteiger partial charge in [-0.15, -0.1) is 11.3 Å². The minimum Gasteiger partial charge on any atom is -0.350 e. The molecule has 4 rings (SSSR count). The summed E-state index contributed by atoms with van der Waals surface area (Å²) in [5.41, 5.74) is 2.08. The Bertz CT molecular complexity index is 1060. The van der Waals surface area contributed by atoms with Crippen LogP contribution in [0.2, 0.25) is 0 Å². The second-order valence-electron chi connectivity index (χ2n) is 8.25. The topological polar surface area (TPSA) is 65.5 Å². The number of thiophene rings is 1. The minimum absolute atomic E-state index is 0.0473. The molecule has 2 amide bonds. The van der Waals surface area contributed by atoms with Crippen LogP contribution < -0.4 is 5.32 Å². The van der Waals surface area contributed by atoms with Crippen LogP contribution in [-0.2, 0) is 11.2 Å². The average Bonchev–Trinajstić information content (AvgIpc) is 3.39. The molecule has 1 aromatic carbocycles. The van der Waals surface area contributed by atoms with Crippen molar-refractivity contribution in [3.8, 4) is 0 Å². The molecule has 0 bridgehead atoms. The maximum atomic E-state index is 13.0. The zero-order valence-corrected chi connectivity index (χ0v) is 18.8. The van der Waals surface area contributed by atoms with Gasteiger partial charge in [-0.3, -0.25) is 9.59 Å². The van der Waals surface area contributed by atoms with E-state index in [2.05, 4.69) is 10.3 Å². The quantitative estimate of drug-likeness (QED) is 0.618. The van der Waals surface area contributed by atoms with Crippen LogP contribution in [0.1, 0.15) is 33.1 Å². The average molecular weight is 437 g/mol. The summed E-state index contributed by atoms with van der Waals surface area (Å²) in [5.74, 6) is 0.240. The Morgan fingerprint density at radius 1 is 1.19 bits per heavy atom. The van der Waals surface area contributed by atoms with E-state index in [4.69, 9.17) is 0 Å². The number of pyridine rings is 1. The molecule has 3 aromatic rings. The largest absolute Gasteiger partial charge is 0.350 e. The summed E-state index contributed by atoms with van der Waals surface area (Å²) >= 11 is 1.45. The highest BCUT2D eigenvalue weighted by atomic mass is 32.1. The van der Waals surface area contributed by atoms with Gasteiger partial charge in [-0.05, 0) is 37.7 Å². The molecule has 0 radical (unpaired) electrons. The highest BCUT2D eigenvalue weighted by molar-refractivity contribution is 7.20. The van der Waals surface area contributed by atoms with E-state index in [1.165, 1.54) is 11.3 Å². The van der Waals surface area contributed by atoms with Gasteiger partial charge in [0.15, 0.2) is 0 Å². The lowest BCUT2D eigenvalue weighted by atomic mass is 9.95. The Kier molecular flexibility index (Phi) is 6.63. The zero-order chi connectivity index (χ0) is 21.8. The van der Waals surface area contributed by atoms with Crippen molar-refractivity contribution in [3.05, 3.63) is 64.7 Å². The molecule has 7 heteroatoms. The number of fused-ring (bicyclic) bond motifs is 1. The monoisotopic (exact) mass is 436 g/mol. The number of likely N-dealkylation sites (tertiary alicyclic amines) is 1. The molecular formula is C24H28N4O2S. The lowest BCUT2D eigenvalue weighted by molar-refractivity contribution is -0.129. The van der Waals surface area contributed by atoms with E-state index in [1.54, 1.807) is 6.20 Å². The lowest BCUT2D eigenvalue weighted by Gasteiger charge is -2.17. The van der Waals surface area contributed by atoms with E-state index in [1.807, 2.05) is 66.4 Å². The predicted molar refractivity (Wildman–Crippen MR) is 125 cm³/mol. The van der Waals surface area contributed by atoms with Gasteiger partial charge in [-0.1, -0.05) is 36.4 Å². The van der Waals surface area contributed by atoms with Gasteiger partial charge in [0.2, 0.25) is 5.91 Å². The molecule has 2 aromatic heterocycles. The smallest absolute Gasteiger partial charge is 0.261 e. The first-order chi connectivity index (χ1) is 15.0. The number of hydrogen-bond acceptors (Lipinski definition) is 5. The second-order valence-corrected chi connectivity index (χ2v) is 9.25. The Balaban J connectivity index is 1.53. The molecule has 1 saturated heterocycles. The van der Waals surface area contributed by atoms with E-state index >= 15 is 0 Å². The summed E-state index contributed by atoms with van der Waals surface area (Å²) in [6.07, 6.45) is 3.04. The van der Waals surface area contributed by atoms with Gasteiger partial charge in [0, 0.05) is 43.7 Å². The molecule has 0 saturated carbocycles. The van der Waals surface area contributed by atoms with Crippen molar-refractivity contribution in [1.82, 2.24) is 20.1 Å². The summed E-state index contributed by atoms with van der Waals surface area (Å²) in [7, 11) is 3.97. The molecule has 1 unspecified atom stereocenters. The SMILES string of the molecule is CN(C)CCNC(=O)c1sc2ncccc2c1C1CCN(C(=O)Cc2ccccc2)C1. The fourth-order valence-corrected chi connectivity index (χ4v) is 5.25. The predicted octanol–water partition coefficient (Wildman–Crippen LogP) is 3.15. The number of hydrogen-bond donors (Lipinski definition) is 1. The number of likely N-dealkylation sites (N-methyl/N-ethyl adjacent to an activating group) is 1. The van der Waals surface area contributed by atoms with Crippen LogP contribution in [0.3, 0.4) is 0 Å². The third-order valence-electron chi connectivity index (χ3n) is 5.70. The Morgan fingerprint density at radius 2 is 2.00 bits per heavy atom. The molecule has 162 valence electrons. The van der Waals surface area contributed by atoms with Crippen molar-refractivity contribution in [2.45, 2.75) is 18.8 Å². The molecule has 1 fully saturated rings. The highest BCUT2D eigenvalue weighted by Crippen LogP contribution is 2.39. The fraction of sp³-hybridized carbons (Fsp3) is 0.375. The normalized spacial score (nSPS) is 16.2. The number of nitrogens with one attached hydrogen (secondary N) is 1. The van der Waals surface area contributed by atoms with E-state index in [-0.39, 0.29) is 17.7 Å². The molecule has 6 nitrogen and oxygen atoms in total. The Labute approximate surface area is 186 Å². The first-order valence-corrected chi connectivity index (χ1v) is 11.5. The van der Waals surface area contributed by atoms with E-state index < -0.39 is 0 Å². The summed E-state index contributed by atoms with van der Waals surface area (Å²) in [6, 6.07) is 13.8. The first-order valence-electron chi connectivity index (χ1n) is 10.6. The van der Waals surface area contributed by atoms with Crippen LogP contribution >= 0.6 is 11.3 Å². The third-order valence-corrected chi connectivity index (χ3v) is 6.83. The van der Waals surface area contributed by atoms with Gasteiger partial charge in [0.05, 0.1) is 11.3 Å². The van der Waals surface area contributed by atoms with Crippen LogP contribution in [-0.4, -0.2) is 66.9 Å². The summed E-state index contributed by atoms with van der Waals surface area (Å²) in [4.78, 5) is 35.9. The highest BCUT2D eigenvalue weighted by Gasteiger charge is 2.32. The first kappa shape index (κ1) is 21.5. The number of benzene rings is 1. The minimum atomic E-state index is -0.0473. The summed E-state index contributed by atoms with van der Waals surface area (Å²) < 4.78 is 0. The zero-order valence-electron chi connectivity index (χ0n) is 18.0. The summed E-state index contributed by atoms with van der Waals surface area (Å²) in [6.45, 7) is 2.74. The van der Waals surface area contributed by atoms with E-state index in [0.29, 0.717) is 19.5 Å². The van der Waals surface area contributed by atoms with Crippen molar-refractivity contribution in [1.29, 1.82) is 0 Å². The van der Waals surface area contributed by atoms with E-state index in [0.717, 1.165) is 45.7 Å². The summed E-state index contributed by atoms with van der Waals surface area (Å²) in [5, 5.41) is 4.08. The second kappa shape index (κ2) is 9.58. The lowest BCUT2D eigenvalue weighted by Crippen LogP contribution is -2.32. The van der Waals surface area contributed by atoms with Crippen molar-refractivity contribution in [2.24, 2.45) is 0 Å². The Hall–Kier alpha value is -2.77. The van der Waals surface area contributed by atoms with Gasteiger partial charge in [0.25, 0.3) is 5.91 Å². The molecule has 31 heavy (non-hydrogen) atoms. The fourth-order valence-electron chi connectivity index (χ4n) is 4.10. The third kappa shape index (κ3) is 4.94. The number of carbonyl (C=O) groups is 2. The van der Waals surface area contributed by atoms with Gasteiger partial charge in [-0.2, -0.15) is 0 Å². The molecule has 3 heterocycles. The standard InChI is InChI=1S/C24H28N4O2S/c1-27(2)14-12-25-23(30)22-21(19-9-6-11-26-24(19)31-22)18-10-13-28(16-18)20(29)15-17-7-4-3-5-8-17/h3-9,11,18H,10,12-16H2,1-2H3,(H,25,30). The van der Waals surface area contributed by atoms with Gasteiger partial charge >= 0.3 is 0 Å². The molecule has 0 aliphatic carbocycles. The maximum Gasteiger partial charge on any atom is 0.261 e. The Morgan fingerprint density at radius 3 is 2.77 bits per heavy atom. The van der Waals surface area contributed by atoms with Crippen molar-refractivity contribution >= 4 is 33.4 Å². The molecule has 1 aliphatic heterocycles. The van der Waals surface area contributed by atoms with Crippen molar-refractivity contribution < 1.29 is 9.59 Å².